The average Bonchev–Trinajstić information content (AvgIpc) is 3.74. The van der Waals surface area contributed by atoms with E-state index in [2.05, 4.69) is 14.4 Å². The number of esters is 1. The Bertz CT molecular complexity index is 1830. The van der Waals surface area contributed by atoms with Crippen LogP contribution in [0.4, 0.5) is 10.1 Å². The van der Waals surface area contributed by atoms with Gasteiger partial charge in [0.25, 0.3) is 5.79 Å². The van der Waals surface area contributed by atoms with Crippen LogP contribution in [0.3, 0.4) is 0 Å². The van der Waals surface area contributed by atoms with Crippen LogP contribution >= 0.6 is 11.6 Å². The molecule has 0 saturated carbocycles. The average molecular weight is 649 g/mol. The number of anilines is 1. The van der Waals surface area contributed by atoms with E-state index in [1.807, 2.05) is 30.3 Å². The van der Waals surface area contributed by atoms with Gasteiger partial charge in [-0.15, -0.1) is 0 Å². The van der Waals surface area contributed by atoms with Gasteiger partial charge in [-0.3, -0.25) is 4.90 Å². The van der Waals surface area contributed by atoms with Crippen LogP contribution in [0.25, 0.3) is 11.0 Å². The summed E-state index contributed by atoms with van der Waals surface area (Å²) in [6.45, 7) is 6.38. The summed E-state index contributed by atoms with van der Waals surface area (Å²) < 4.78 is 46.7. The normalized spacial score (nSPS) is 25.5. The highest BCUT2D eigenvalue weighted by Crippen LogP contribution is 2.51. The van der Waals surface area contributed by atoms with Crippen LogP contribution in [0.5, 0.6) is 11.5 Å². The Labute approximate surface area is 270 Å². The fraction of sp³-hybridized carbons (Fsp3) is 0.412. The number of halogens is 2. The molecule has 8 rings (SSSR count). The van der Waals surface area contributed by atoms with E-state index in [1.54, 1.807) is 25.1 Å². The number of hydrogen-bond donors (Lipinski definition) is 0. The number of ether oxygens (including phenoxy) is 5. The number of methoxy groups -OCH3 is 1. The fourth-order valence-electron chi connectivity index (χ4n) is 7.10. The van der Waals surface area contributed by atoms with E-state index in [-0.39, 0.29) is 29.7 Å². The zero-order valence-corrected chi connectivity index (χ0v) is 26.3. The molecule has 10 nitrogen and oxygen atoms in total. The molecule has 3 saturated heterocycles. The maximum Gasteiger partial charge on any atom is 0.337 e. The van der Waals surface area contributed by atoms with Gasteiger partial charge in [-0.2, -0.15) is 0 Å². The van der Waals surface area contributed by atoms with E-state index in [0.717, 1.165) is 48.7 Å². The van der Waals surface area contributed by atoms with Crippen molar-refractivity contribution in [2.45, 2.75) is 50.4 Å². The predicted octanol–water partition coefficient (Wildman–Crippen LogP) is 5.14. The first-order valence-electron chi connectivity index (χ1n) is 15.6. The van der Waals surface area contributed by atoms with Crippen LogP contribution in [0.2, 0.25) is 5.02 Å². The molecule has 0 N–H and O–H groups in total. The molecule has 3 aromatic carbocycles. The van der Waals surface area contributed by atoms with Gasteiger partial charge in [-0.25, -0.2) is 14.2 Å². The van der Waals surface area contributed by atoms with E-state index < -0.39 is 11.6 Å². The van der Waals surface area contributed by atoms with Gasteiger partial charge >= 0.3 is 5.97 Å². The van der Waals surface area contributed by atoms with Crippen molar-refractivity contribution in [2.75, 3.05) is 44.9 Å². The highest BCUT2D eigenvalue weighted by molar-refractivity contribution is 6.30. The monoisotopic (exact) mass is 648 g/mol. The zero-order valence-electron chi connectivity index (χ0n) is 25.6. The molecule has 0 amide bonds. The van der Waals surface area contributed by atoms with Crippen LogP contribution in [0.1, 0.15) is 35.1 Å². The molecule has 4 aliphatic rings. The predicted molar refractivity (Wildman–Crippen MR) is 168 cm³/mol. The number of imidazole rings is 1. The van der Waals surface area contributed by atoms with Crippen molar-refractivity contribution in [3.05, 3.63) is 82.4 Å². The highest BCUT2D eigenvalue weighted by atomic mass is 35.5. The molecule has 0 unspecified atom stereocenters. The third-order valence-electron chi connectivity index (χ3n) is 9.58. The minimum absolute atomic E-state index is 0.0571. The molecule has 4 atom stereocenters. The Kier molecular flexibility index (Phi) is 7.32. The molecule has 4 aliphatic heterocycles. The second-order valence-electron chi connectivity index (χ2n) is 12.3. The van der Waals surface area contributed by atoms with Crippen molar-refractivity contribution < 1.29 is 32.9 Å². The number of piperazine rings is 1. The van der Waals surface area contributed by atoms with Gasteiger partial charge < -0.3 is 33.2 Å². The highest BCUT2D eigenvalue weighted by Gasteiger charge is 2.46. The number of hydrogen-bond acceptors (Lipinski definition) is 9. The maximum atomic E-state index is 15.0. The molecule has 46 heavy (non-hydrogen) atoms. The Balaban J connectivity index is 1.07. The topological polar surface area (TPSA) is 87.5 Å². The summed E-state index contributed by atoms with van der Waals surface area (Å²) >= 11 is 6.01. The van der Waals surface area contributed by atoms with Crippen molar-refractivity contribution in [3.63, 3.8) is 0 Å². The first-order chi connectivity index (χ1) is 22.3. The molecule has 1 aromatic heterocycles. The fourth-order valence-corrected chi connectivity index (χ4v) is 7.26. The van der Waals surface area contributed by atoms with E-state index in [4.69, 9.17) is 40.3 Å². The van der Waals surface area contributed by atoms with Gasteiger partial charge in [0, 0.05) is 31.6 Å². The summed E-state index contributed by atoms with van der Waals surface area (Å²) in [5.74, 6) is -0.133. The Morgan fingerprint density at radius 3 is 2.74 bits per heavy atom. The molecule has 12 heteroatoms. The maximum absolute atomic E-state index is 15.0. The second-order valence-corrected chi connectivity index (χ2v) is 12.8. The van der Waals surface area contributed by atoms with Crippen molar-refractivity contribution in [1.82, 2.24) is 14.5 Å². The number of para-hydroxylation sites is 1. The van der Waals surface area contributed by atoms with Crippen molar-refractivity contribution >= 4 is 34.3 Å². The van der Waals surface area contributed by atoms with Crippen LogP contribution in [0, 0.1) is 5.82 Å². The number of fused-ring (bicyclic) bond motifs is 3. The quantitative estimate of drug-likeness (QED) is 0.253. The van der Waals surface area contributed by atoms with Gasteiger partial charge in [0.1, 0.15) is 11.6 Å². The lowest BCUT2D eigenvalue weighted by molar-refractivity contribution is -0.0705. The Morgan fingerprint density at radius 2 is 1.96 bits per heavy atom. The molecule has 240 valence electrons. The van der Waals surface area contributed by atoms with Gasteiger partial charge in [0.2, 0.25) is 0 Å². The first-order valence-corrected chi connectivity index (χ1v) is 15.9. The number of carbonyl (C=O) groups is 1. The van der Waals surface area contributed by atoms with Gasteiger partial charge in [-0.05, 0) is 55.0 Å². The van der Waals surface area contributed by atoms with Gasteiger partial charge in [-0.1, -0.05) is 17.7 Å². The van der Waals surface area contributed by atoms with Crippen molar-refractivity contribution in [1.29, 1.82) is 0 Å². The van der Waals surface area contributed by atoms with Crippen LogP contribution in [0.15, 0.2) is 54.6 Å². The minimum Gasteiger partial charge on any atom is -0.465 e. The lowest BCUT2D eigenvalue weighted by Crippen LogP contribution is -2.59. The summed E-state index contributed by atoms with van der Waals surface area (Å²) in [5.41, 5.74) is 3.38. The van der Waals surface area contributed by atoms with E-state index >= 15 is 0 Å². The number of nitrogens with zero attached hydrogens (tertiary/aromatic N) is 4. The summed E-state index contributed by atoms with van der Waals surface area (Å²) in [6.07, 6.45) is 1.11. The molecule has 0 spiro atoms. The molecular weight excluding hydrogens is 615 g/mol. The first kappa shape index (κ1) is 29.5. The van der Waals surface area contributed by atoms with Crippen LogP contribution in [-0.4, -0.2) is 78.6 Å². The smallest absolute Gasteiger partial charge is 0.337 e. The molecule has 0 bridgehead atoms. The van der Waals surface area contributed by atoms with Gasteiger partial charge in [0.15, 0.2) is 11.5 Å². The molecule has 3 fully saturated rings. The largest absolute Gasteiger partial charge is 0.465 e. The van der Waals surface area contributed by atoms with Gasteiger partial charge in [0.05, 0.1) is 79.4 Å². The lowest BCUT2D eigenvalue weighted by Gasteiger charge is -2.44. The lowest BCUT2D eigenvalue weighted by atomic mass is 10.0. The minimum atomic E-state index is -1.34. The third-order valence-corrected chi connectivity index (χ3v) is 9.82. The van der Waals surface area contributed by atoms with Crippen LogP contribution in [-0.2, 0) is 33.1 Å². The van der Waals surface area contributed by atoms with Crippen molar-refractivity contribution in [2.24, 2.45) is 0 Å². The van der Waals surface area contributed by atoms with Crippen molar-refractivity contribution in [3.8, 4) is 11.5 Å². The Hall–Kier alpha value is -3.90. The summed E-state index contributed by atoms with van der Waals surface area (Å²) in [7, 11) is 1.39. The third kappa shape index (κ3) is 4.97. The summed E-state index contributed by atoms with van der Waals surface area (Å²) in [5, 5.41) is 0.309. The van der Waals surface area contributed by atoms with E-state index in [0.29, 0.717) is 48.4 Å². The van der Waals surface area contributed by atoms with E-state index in [1.165, 1.54) is 13.2 Å². The number of rotatable bonds is 7. The summed E-state index contributed by atoms with van der Waals surface area (Å²) in [6, 6.07) is 16.0. The number of carbonyl (C=O) groups excluding carboxylic acids is 1. The molecular formula is C34H34ClFN4O6. The molecule has 4 aromatic rings. The molecule has 5 heterocycles. The van der Waals surface area contributed by atoms with Crippen LogP contribution < -0.4 is 14.4 Å². The SMILES string of the molecule is COC(=O)c1ccc2nc(CN3CCN(c4cccc5c4O[C@](C)(c4ccc(Cl)cc4F)O5)[C@H]4COC[C@H]43)n(C[C@@H]3CCO3)c2c1. The van der Waals surface area contributed by atoms with E-state index in [9.17, 15) is 9.18 Å². The standard InChI is InChI=1S/C34H34ClFN4O6/c1-34(23-8-7-21(35)15-24(23)36)45-30-5-3-4-26(32(30)46-34)39-12-11-38(28-18-43-19-29(28)39)17-31-37-25-9-6-20(33(41)42-2)14-27(25)40(31)16-22-10-13-44-22/h3-9,14-15,22,28-29H,10-13,16-19H2,1-2H3/t22-,28+,29-,34+/m0/s1. The zero-order chi connectivity index (χ0) is 31.6. The second kappa shape index (κ2) is 11.4. The number of aromatic nitrogens is 2. The molecule has 0 aliphatic carbocycles. The summed E-state index contributed by atoms with van der Waals surface area (Å²) in [4.78, 5) is 22.1. The number of benzene rings is 3. The Morgan fingerprint density at radius 1 is 1.11 bits per heavy atom. The molecule has 0 radical (unpaired) electrons.